The number of carbonyl (C=O) groups excluding carboxylic acids is 1. The predicted octanol–water partition coefficient (Wildman–Crippen LogP) is 5.60. The van der Waals surface area contributed by atoms with Gasteiger partial charge in [-0.25, -0.2) is 9.50 Å². The van der Waals surface area contributed by atoms with Gasteiger partial charge < -0.3 is 14.2 Å². The largest absolute Gasteiger partial charge is 0.491 e. The highest BCUT2D eigenvalue weighted by atomic mass is 16.6. The Labute approximate surface area is 348 Å². The van der Waals surface area contributed by atoms with E-state index in [9.17, 15) is 10.1 Å². The fourth-order valence-electron chi connectivity index (χ4n) is 9.77. The molecular weight excluding hydrogens is 745 g/mol. The van der Waals surface area contributed by atoms with Crippen molar-refractivity contribution in [2.45, 2.75) is 115 Å². The van der Waals surface area contributed by atoms with Crippen LogP contribution in [0.4, 0.5) is 0 Å². The number of fused-ring (bicyclic) bond motifs is 3. The molecule has 59 heavy (non-hydrogen) atoms. The van der Waals surface area contributed by atoms with Crippen LogP contribution < -0.4 is 14.8 Å². The van der Waals surface area contributed by atoms with Gasteiger partial charge in [-0.05, 0) is 43.9 Å². The SMILES string of the molecule is CCCCCCC(C)C(=O)OC1NCC12CCCN2CCOc1cc(-c2cnc(C(C)(C)CN3CC4CC(C3)N4Cc3ccc(OC)nc3)cn2)c2c(C#N)cnn2c1. The lowest BCUT2D eigenvalue weighted by molar-refractivity contribution is -0.178. The van der Waals surface area contributed by atoms with Crippen molar-refractivity contribution in [1.82, 2.24) is 44.6 Å². The first kappa shape index (κ1) is 41.1. The number of hydrogen-bond donors (Lipinski definition) is 1. The highest BCUT2D eigenvalue weighted by Crippen LogP contribution is 2.39. The number of piperidine rings is 1. The number of nitrogens with one attached hydrogen (secondary N) is 1. The van der Waals surface area contributed by atoms with E-state index in [4.69, 9.17) is 24.2 Å². The van der Waals surface area contributed by atoms with E-state index in [1.165, 1.54) is 24.8 Å². The van der Waals surface area contributed by atoms with Crippen molar-refractivity contribution in [1.29, 1.82) is 5.26 Å². The molecule has 1 spiro atoms. The lowest BCUT2D eigenvalue weighted by Crippen LogP contribution is -2.74. The summed E-state index contributed by atoms with van der Waals surface area (Å²) in [6, 6.07) is 9.35. The maximum atomic E-state index is 13.0. The molecule has 5 aliphatic rings. The first-order valence-electron chi connectivity index (χ1n) is 21.6. The zero-order valence-electron chi connectivity index (χ0n) is 35.4. The van der Waals surface area contributed by atoms with Crippen LogP contribution in [0.3, 0.4) is 0 Å². The van der Waals surface area contributed by atoms with Gasteiger partial charge in [0.1, 0.15) is 18.4 Å². The van der Waals surface area contributed by atoms with Crippen LogP contribution in [0.15, 0.2) is 49.2 Å². The number of ether oxygens (including phenoxy) is 3. The molecule has 314 valence electrons. The number of esters is 1. The maximum absolute atomic E-state index is 13.0. The number of hydrogen-bond acceptors (Lipinski definition) is 13. The van der Waals surface area contributed by atoms with Crippen molar-refractivity contribution in [3.63, 3.8) is 0 Å². The average molecular weight is 805 g/mol. The van der Waals surface area contributed by atoms with E-state index in [1.54, 1.807) is 17.8 Å². The topological polar surface area (TPSA) is 146 Å². The van der Waals surface area contributed by atoms with Crippen LogP contribution in [0.25, 0.3) is 16.8 Å². The average Bonchev–Trinajstić information content (AvgIpc) is 3.88. The van der Waals surface area contributed by atoms with Gasteiger partial charge in [0, 0.05) is 80.8 Å². The number of carbonyl (C=O) groups is 1. The van der Waals surface area contributed by atoms with Crippen molar-refractivity contribution in [2.75, 3.05) is 53.0 Å². The minimum absolute atomic E-state index is 0.0996. The molecule has 0 aliphatic carbocycles. The van der Waals surface area contributed by atoms with Crippen molar-refractivity contribution < 1.29 is 19.0 Å². The van der Waals surface area contributed by atoms with Crippen LogP contribution in [0.1, 0.15) is 95.9 Å². The molecule has 14 heteroatoms. The van der Waals surface area contributed by atoms with Crippen molar-refractivity contribution in [3.8, 4) is 29.0 Å². The second-order valence-electron chi connectivity index (χ2n) is 17.8. The quantitative estimate of drug-likeness (QED) is 0.0986. The summed E-state index contributed by atoms with van der Waals surface area (Å²) in [5, 5.41) is 17.9. The molecule has 14 nitrogen and oxygen atoms in total. The Morgan fingerprint density at radius 3 is 2.64 bits per heavy atom. The first-order valence-corrected chi connectivity index (χ1v) is 21.6. The number of pyridine rings is 2. The molecule has 9 rings (SSSR count). The smallest absolute Gasteiger partial charge is 0.310 e. The number of unbranched alkanes of at least 4 members (excludes halogenated alkanes) is 3. The number of methoxy groups -OCH3 is 1. The predicted molar refractivity (Wildman–Crippen MR) is 224 cm³/mol. The Morgan fingerprint density at radius 2 is 1.95 bits per heavy atom. The van der Waals surface area contributed by atoms with Gasteiger partial charge in [0.25, 0.3) is 0 Å². The molecule has 2 bridgehead atoms. The van der Waals surface area contributed by atoms with Gasteiger partial charge in [-0.1, -0.05) is 59.4 Å². The second-order valence-corrected chi connectivity index (χ2v) is 17.8. The van der Waals surface area contributed by atoms with E-state index < -0.39 is 0 Å². The van der Waals surface area contributed by atoms with Gasteiger partial charge in [-0.2, -0.15) is 10.4 Å². The highest BCUT2D eigenvalue weighted by Gasteiger charge is 2.55. The molecule has 9 heterocycles. The summed E-state index contributed by atoms with van der Waals surface area (Å²) in [5.41, 5.74) is 4.26. The molecule has 0 aromatic carbocycles. The number of likely N-dealkylation sites (tertiary alicyclic amines) is 1. The first-order chi connectivity index (χ1) is 28.6. The minimum atomic E-state index is -0.303. The monoisotopic (exact) mass is 804 g/mol. The molecule has 1 N–H and O–H groups in total. The Hall–Kier alpha value is -4.68. The third-order valence-electron chi connectivity index (χ3n) is 13.2. The number of nitriles is 1. The van der Waals surface area contributed by atoms with Crippen LogP contribution in [0, 0.1) is 17.2 Å². The van der Waals surface area contributed by atoms with Crippen LogP contribution >= 0.6 is 0 Å². The fourth-order valence-corrected chi connectivity index (χ4v) is 9.77. The van der Waals surface area contributed by atoms with Crippen LogP contribution in [0.5, 0.6) is 11.6 Å². The highest BCUT2D eigenvalue weighted by molar-refractivity contribution is 5.83. The summed E-state index contributed by atoms with van der Waals surface area (Å²) in [6.45, 7) is 15.4. The van der Waals surface area contributed by atoms with E-state index in [-0.39, 0.29) is 29.1 Å². The summed E-state index contributed by atoms with van der Waals surface area (Å²) in [6.07, 6.45) is 17.5. The second kappa shape index (κ2) is 17.5. The molecule has 5 aliphatic heterocycles. The van der Waals surface area contributed by atoms with Crippen LogP contribution in [-0.2, 0) is 21.5 Å². The Morgan fingerprint density at radius 1 is 1.10 bits per heavy atom. The lowest BCUT2D eigenvalue weighted by atomic mass is 9.83. The standard InChI is InChI=1S/C45H60N10O4/c1-6-7-8-9-11-31(2)42(56)59-43-45(29-50-43)14-10-15-53(45)16-17-58-36-19-37(41-33(20-46)22-51-55(41)28-36)38-23-48-39(24-47-38)44(3,4)30-52-26-34-18-35(27-52)54(34)25-32-12-13-40(57-5)49-21-32/h12-13,19,21-24,28,31,34-35,43,50H,6-11,14-18,25-27,29-30H2,1-5H3. The molecule has 5 saturated heterocycles. The van der Waals surface area contributed by atoms with E-state index in [0.717, 1.165) is 82.6 Å². The fraction of sp³-hybridized carbons (Fsp3) is 0.600. The summed E-state index contributed by atoms with van der Waals surface area (Å²) in [5.74, 6) is 1.07. The molecule has 4 aromatic rings. The molecular formula is C45H60N10O4. The molecule has 0 saturated carbocycles. The van der Waals surface area contributed by atoms with Gasteiger partial charge in [0.2, 0.25) is 5.88 Å². The van der Waals surface area contributed by atoms with E-state index in [0.29, 0.717) is 53.6 Å². The molecule has 4 aromatic heterocycles. The van der Waals surface area contributed by atoms with Gasteiger partial charge in [-0.15, -0.1) is 0 Å². The van der Waals surface area contributed by atoms with Gasteiger partial charge in [0.15, 0.2) is 6.23 Å². The van der Waals surface area contributed by atoms with Crippen LogP contribution in [0.2, 0.25) is 0 Å². The normalized spacial score (nSPS) is 23.8. The minimum Gasteiger partial charge on any atom is -0.491 e. The summed E-state index contributed by atoms with van der Waals surface area (Å²) < 4.78 is 19.4. The lowest BCUT2D eigenvalue weighted by Gasteiger charge is -2.57. The number of aromatic nitrogens is 5. The van der Waals surface area contributed by atoms with Crippen molar-refractivity contribution in [3.05, 3.63) is 66.0 Å². The van der Waals surface area contributed by atoms with Gasteiger partial charge >= 0.3 is 5.97 Å². The van der Waals surface area contributed by atoms with Crippen LogP contribution in [-0.4, -0.2) is 122 Å². The zero-order chi connectivity index (χ0) is 41.1. The van der Waals surface area contributed by atoms with Crippen molar-refractivity contribution in [2.24, 2.45) is 5.92 Å². The number of rotatable bonds is 18. The molecule has 5 fully saturated rings. The van der Waals surface area contributed by atoms with Gasteiger partial charge in [-0.3, -0.25) is 34.8 Å². The summed E-state index contributed by atoms with van der Waals surface area (Å²) in [4.78, 5) is 34.9. The molecule has 5 unspecified atom stereocenters. The Balaban J connectivity index is 0.888. The maximum Gasteiger partial charge on any atom is 0.310 e. The Bertz CT molecular complexity index is 2110. The molecule has 0 radical (unpaired) electrons. The zero-order valence-corrected chi connectivity index (χ0v) is 35.4. The Kier molecular flexibility index (Phi) is 12.2. The summed E-state index contributed by atoms with van der Waals surface area (Å²) >= 11 is 0. The van der Waals surface area contributed by atoms with Gasteiger partial charge in [0.05, 0.1) is 59.6 Å². The van der Waals surface area contributed by atoms with Crippen molar-refractivity contribution >= 4 is 11.5 Å². The summed E-state index contributed by atoms with van der Waals surface area (Å²) in [7, 11) is 1.64. The van der Waals surface area contributed by atoms with E-state index in [2.05, 4.69) is 63.0 Å². The van der Waals surface area contributed by atoms with E-state index in [1.807, 2.05) is 43.8 Å². The number of piperazine rings is 1. The third kappa shape index (κ3) is 8.53. The third-order valence-corrected chi connectivity index (χ3v) is 13.2. The molecule has 5 atom stereocenters. The molecule has 0 amide bonds. The number of nitrogens with zero attached hydrogens (tertiary/aromatic N) is 9. The van der Waals surface area contributed by atoms with E-state index >= 15 is 0 Å².